The first kappa shape index (κ1) is 26.4. The number of nitrogens with two attached hydrogens (primary N) is 1. The molecule has 1 atom stereocenters. The van der Waals surface area contributed by atoms with E-state index in [-0.39, 0.29) is 36.4 Å². The van der Waals surface area contributed by atoms with E-state index in [0.29, 0.717) is 39.8 Å². The van der Waals surface area contributed by atoms with Crippen LogP contribution in [-0.2, 0) is 49.0 Å². The number of hydrogen-bond acceptors (Lipinski definition) is 9. The number of hydrogen-bond donors (Lipinski definition) is 1. The molecule has 13 heteroatoms. The molecule has 39 heavy (non-hydrogen) atoms. The third-order valence-electron chi connectivity index (χ3n) is 7.00. The van der Waals surface area contributed by atoms with Crippen molar-refractivity contribution in [3.8, 4) is 17.1 Å². The number of halogens is 3. The Morgan fingerprint density at radius 1 is 1.18 bits per heavy atom. The highest BCUT2D eigenvalue weighted by molar-refractivity contribution is 5.91. The molecule has 0 spiro atoms. The van der Waals surface area contributed by atoms with Crippen molar-refractivity contribution in [3.05, 3.63) is 56.9 Å². The molecule has 0 radical (unpaired) electrons. The van der Waals surface area contributed by atoms with Crippen LogP contribution in [0.5, 0.6) is 5.75 Å². The summed E-state index contributed by atoms with van der Waals surface area (Å²) < 4.78 is 54.8. The van der Waals surface area contributed by atoms with Crippen LogP contribution in [0.3, 0.4) is 0 Å². The molecule has 204 valence electrons. The van der Waals surface area contributed by atoms with Crippen molar-refractivity contribution in [3.63, 3.8) is 0 Å². The van der Waals surface area contributed by atoms with Gasteiger partial charge in [-0.2, -0.15) is 13.2 Å². The van der Waals surface area contributed by atoms with Crippen LogP contribution in [0.2, 0.25) is 0 Å². The van der Waals surface area contributed by atoms with Gasteiger partial charge in [0.1, 0.15) is 12.4 Å². The van der Waals surface area contributed by atoms with Crippen LogP contribution in [0.25, 0.3) is 22.3 Å². The van der Waals surface area contributed by atoms with Crippen molar-refractivity contribution in [1.29, 1.82) is 0 Å². The highest BCUT2D eigenvalue weighted by atomic mass is 19.4. The van der Waals surface area contributed by atoms with Gasteiger partial charge in [-0.25, -0.2) is 14.6 Å². The maximum absolute atomic E-state index is 13.6. The van der Waals surface area contributed by atoms with Gasteiger partial charge in [-0.05, 0) is 42.7 Å². The predicted octanol–water partition coefficient (Wildman–Crippen LogP) is 2.62. The minimum absolute atomic E-state index is 0.00882. The number of benzene rings is 1. The molecule has 0 amide bonds. The summed E-state index contributed by atoms with van der Waals surface area (Å²) in [4.78, 5) is 54.7. The van der Waals surface area contributed by atoms with Gasteiger partial charge in [-0.3, -0.25) is 9.59 Å². The zero-order valence-corrected chi connectivity index (χ0v) is 20.8. The van der Waals surface area contributed by atoms with Gasteiger partial charge in [0.25, 0.3) is 5.56 Å². The molecule has 0 unspecified atom stereocenters. The predicted molar refractivity (Wildman–Crippen MR) is 129 cm³/mol. The topological polar surface area (TPSA) is 140 Å². The number of esters is 3. The Balaban J connectivity index is 1.69. The Labute approximate surface area is 218 Å². The fraction of sp³-hybridized carbons (Fsp3) is 0.346. The van der Waals surface area contributed by atoms with Crippen molar-refractivity contribution in [2.24, 2.45) is 5.73 Å². The number of carbonyl (C=O) groups excluding carboxylic acids is 3. The summed E-state index contributed by atoms with van der Waals surface area (Å²) >= 11 is 0. The number of aromatic nitrogens is 2. The second kappa shape index (κ2) is 9.19. The molecule has 0 saturated heterocycles. The lowest BCUT2D eigenvalue weighted by Gasteiger charge is -2.35. The normalized spacial score (nSPS) is 17.7. The van der Waals surface area contributed by atoms with Crippen LogP contribution in [0.1, 0.15) is 42.5 Å². The Hall–Kier alpha value is -4.26. The van der Waals surface area contributed by atoms with E-state index < -0.39 is 41.8 Å². The largest absolute Gasteiger partial charge is 0.491 e. The second-order valence-corrected chi connectivity index (χ2v) is 9.09. The molecule has 0 aliphatic carbocycles. The third kappa shape index (κ3) is 4.04. The summed E-state index contributed by atoms with van der Waals surface area (Å²) in [5.41, 5.74) is 6.01. The number of aryl methyl sites for hydroxylation is 1. The number of fused-ring (bicyclic) bond motifs is 5. The Bertz CT molecular complexity index is 1630. The number of alkyl halides is 3. The first-order chi connectivity index (χ1) is 18.4. The number of nitrogens with zero attached hydrogens (tertiary/aromatic N) is 2. The average molecular weight is 545 g/mol. The first-order valence-electron chi connectivity index (χ1n) is 12.1. The number of cyclic esters (lactones) is 1. The molecule has 0 saturated carbocycles. The molecular weight excluding hydrogens is 523 g/mol. The Morgan fingerprint density at radius 2 is 1.92 bits per heavy atom. The van der Waals surface area contributed by atoms with Crippen LogP contribution in [0.15, 0.2) is 29.1 Å². The second-order valence-electron chi connectivity index (χ2n) is 9.09. The van der Waals surface area contributed by atoms with Crippen LogP contribution >= 0.6 is 0 Å². The first-order valence-corrected chi connectivity index (χ1v) is 12.1. The lowest BCUT2D eigenvalue weighted by molar-refractivity contribution is -0.189. The molecular formula is C26H22F3N3O7. The minimum Gasteiger partial charge on any atom is -0.457 e. The molecule has 0 bridgehead atoms. The Kier molecular flexibility index (Phi) is 6.21. The van der Waals surface area contributed by atoms with E-state index in [1.54, 1.807) is 13.0 Å². The van der Waals surface area contributed by atoms with Gasteiger partial charge in [0.15, 0.2) is 0 Å². The monoisotopic (exact) mass is 545 g/mol. The molecule has 2 aliphatic heterocycles. The average Bonchev–Trinajstić information content (AvgIpc) is 3.27. The summed E-state index contributed by atoms with van der Waals surface area (Å²) in [5, 5.41) is 0.465. The highest BCUT2D eigenvalue weighted by Gasteiger charge is 2.50. The van der Waals surface area contributed by atoms with Crippen LogP contribution in [-0.4, -0.2) is 40.2 Å². The van der Waals surface area contributed by atoms with Gasteiger partial charge >= 0.3 is 24.1 Å². The lowest BCUT2D eigenvalue weighted by Crippen LogP contribution is -2.48. The Morgan fingerprint density at radius 3 is 2.56 bits per heavy atom. The fourth-order valence-electron chi connectivity index (χ4n) is 5.17. The summed E-state index contributed by atoms with van der Waals surface area (Å²) in [7, 11) is 0. The van der Waals surface area contributed by atoms with E-state index in [0.717, 1.165) is 0 Å². The zero-order valence-electron chi connectivity index (χ0n) is 20.8. The summed E-state index contributed by atoms with van der Waals surface area (Å²) in [6.07, 6.45) is -4.74. The smallest absolute Gasteiger partial charge is 0.457 e. The molecule has 10 nitrogen and oxygen atoms in total. The highest BCUT2D eigenvalue weighted by Crippen LogP contribution is 2.42. The quantitative estimate of drug-likeness (QED) is 0.296. The maximum atomic E-state index is 13.6. The maximum Gasteiger partial charge on any atom is 0.491 e. The number of carbonyl (C=O) groups is 3. The molecule has 2 N–H and O–H groups in total. The van der Waals surface area contributed by atoms with Crippen molar-refractivity contribution in [1.82, 2.24) is 9.55 Å². The van der Waals surface area contributed by atoms with Crippen molar-refractivity contribution < 1.29 is 41.8 Å². The SMILES string of the molecule is CCc1c2c(nc3ccc(OC(=O)C(F)(F)F)cc13)-c1cc3c(c(=O)n1C2)COC(=O)[C@@]3(CC)OC(=O)CN. The number of ether oxygens (including phenoxy) is 3. The van der Waals surface area contributed by atoms with E-state index in [1.807, 2.05) is 6.92 Å². The molecule has 5 rings (SSSR count). The summed E-state index contributed by atoms with van der Waals surface area (Å²) in [6.45, 7) is 2.76. The molecule has 0 fully saturated rings. The van der Waals surface area contributed by atoms with Crippen molar-refractivity contribution >= 4 is 28.8 Å². The van der Waals surface area contributed by atoms with Gasteiger partial charge < -0.3 is 24.5 Å². The molecule has 2 aromatic heterocycles. The zero-order chi connectivity index (χ0) is 28.3. The van der Waals surface area contributed by atoms with Crippen LogP contribution in [0, 0.1) is 0 Å². The van der Waals surface area contributed by atoms with Gasteiger partial charge in [0.2, 0.25) is 5.60 Å². The van der Waals surface area contributed by atoms with Crippen molar-refractivity contribution in [2.45, 2.75) is 51.6 Å². The lowest BCUT2D eigenvalue weighted by atomic mass is 9.85. The number of rotatable bonds is 5. The fourth-order valence-corrected chi connectivity index (χ4v) is 5.17. The summed E-state index contributed by atoms with van der Waals surface area (Å²) in [5.74, 6) is -4.30. The molecule has 1 aromatic carbocycles. The van der Waals surface area contributed by atoms with Gasteiger partial charge in [0, 0.05) is 16.5 Å². The third-order valence-corrected chi connectivity index (χ3v) is 7.00. The molecule has 4 heterocycles. The van der Waals surface area contributed by atoms with Crippen LogP contribution < -0.4 is 16.0 Å². The standard InChI is InChI=1S/C26H22F3N3O7/c1-3-13-14-7-12(38-24(36)26(27,28)29)5-6-18(14)31-21-15(13)10-32-19(21)8-17-16(22(32)34)11-37-23(35)25(17,4-2)39-20(33)9-30/h5-8H,3-4,9-11,30H2,1-2H3/t25-/m0/s1. The van der Waals surface area contributed by atoms with Crippen molar-refractivity contribution in [2.75, 3.05) is 6.54 Å². The van der Waals surface area contributed by atoms with Crippen LogP contribution in [0.4, 0.5) is 13.2 Å². The van der Waals surface area contributed by atoms with Gasteiger partial charge in [0.05, 0.1) is 35.6 Å². The van der Waals surface area contributed by atoms with E-state index in [1.165, 1.54) is 22.8 Å². The van der Waals surface area contributed by atoms with E-state index in [2.05, 4.69) is 9.72 Å². The van der Waals surface area contributed by atoms with E-state index >= 15 is 0 Å². The number of pyridine rings is 2. The van der Waals surface area contributed by atoms with E-state index in [4.69, 9.17) is 15.2 Å². The summed E-state index contributed by atoms with van der Waals surface area (Å²) in [6, 6.07) is 5.52. The molecule has 2 aliphatic rings. The minimum atomic E-state index is -5.15. The van der Waals surface area contributed by atoms with Gasteiger partial charge in [-0.1, -0.05) is 13.8 Å². The molecule has 3 aromatic rings. The van der Waals surface area contributed by atoms with Gasteiger partial charge in [-0.15, -0.1) is 0 Å². The van der Waals surface area contributed by atoms with E-state index in [9.17, 15) is 32.3 Å².